The Morgan fingerprint density at radius 3 is 3.12 bits per heavy atom. The van der Waals surface area contributed by atoms with Crippen LogP contribution in [0.4, 0.5) is 4.39 Å². The quantitative estimate of drug-likeness (QED) is 0.687. The highest BCUT2D eigenvalue weighted by atomic mass is 19.1. The minimum Gasteiger partial charge on any atom is -0.351 e. The van der Waals surface area contributed by atoms with Gasteiger partial charge in [-0.1, -0.05) is 0 Å². The van der Waals surface area contributed by atoms with E-state index in [1.165, 1.54) is 23.3 Å². The number of hydrogen-bond acceptors (Lipinski definition) is 3. The third-order valence-electron chi connectivity index (χ3n) is 4.72. The third-order valence-corrected chi connectivity index (χ3v) is 4.72. The van der Waals surface area contributed by atoms with Gasteiger partial charge in [-0.2, -0.15) is 0 Å². The van der Waals surface area contributed by atoms with E-state index in [0.29, 0.717) is 17.6 Å². The first kappa shape index (κ1) is 15.8. The van der Waals surface area contributed by atoms with Gasteiger partial charge in [0.1, 0.15) is 11.5 Å². The lowest BCUT2D eigenvalue weighted by molar-refractivity contribution is 0.0946. The average Bonchev–Trinajstić information content (AvgIpc) is 3.04. The molecule has 0 fully saturated rings. The molecule has 0 atom stereocenters. The maximum atomic E-state index is 13.3. The van der Waals surface area contributed by atoms with Crippen LogP contribution >= 0.6 is 0 Å². The van der Waals surface area contributed by atoms with Gasteiger partial charge in [-0.05, 0) is 60.8 Å². The van der Waals surface area contributed by atoms with Gasteiger partial charge >= 0.3 is 0 Å². The van der Waals surface area contributed by atoms with Crippen LogP contribution in [0.15, 0.2) is 30.5 Å². The van der Waals surface area contributed by atoms with Crippen LogP contribution in [0, 0.1) is 12.7 Å². The van der Waals surface area contributed by atoms with Crippen LogP contribution in [0.5, 0.6) is 0 Å². The molecular formula is C19H19FN4O. The van der Waals surface area contributed by atoms with Crippen molar-refractivity contribution in [1.82, 2.24) is 20.6 Å². The summed E-state index contributed by atoms with van der Waals surface area (Å²) in [4.78, 5) is 20.0. The Hall–Kier alpha value is -2.73. The molecule has 128 valence electrons. The zero-order valence-corrected chi connectivity index (χ0v) is 13.9. The molecule has 1 aromatic carbocycles. The molecule has 0 radical (unpaired) electrons. The molecular weight excluding hydrogens is 319 g/mol. The molecule has 0 bridgehead atoms. The second-order valence-corrected chi connectivity index (χ2v) is 6.35. The van der Waals surface area contributed by atoms with Crippen LogP contribution in [-0.2, 0) is 19.5 Å². The van der Waals surface area contributed by atoms with Gasteiger partial charge in [0, 0.05) is 35.9 Å². The molecule has 2 aromatic heterocycles. The van der Waals surface area contributed by atoms with Crippen molar-refractivity contribution in [2.75, 3.05) is 6.54 Å². The first-order valence-corrected chi connectivity index (χ1v) is 8.35. The number of nitrogens with zero attached hydrogens (tertiary/aromatic N) is 1. The molecule has 3 aromatic rings. The zero-order valence-electron chi connectivity index (χ0n) is 13.9. The molecule has 0 saturated heterocycles. The van der Waals surface area contributed by atoms with Crippen LogP contribution in [0.25, 0.3) is 10.9 Å². The number of fused-ring (bicyclic) bond motifs is 2. The summed E-state index contributed by atoms with van der Waals surface area (Å²) in [6.45, 7) is 4.15. The second kappa shape index (κ2) is 6.29. The van der Waals surface area contributed by atoms with Crippen molar-refractivity contribution in [2.45, 2.75) is 26.4 Å². The predicted molar refractivity (Wildman–Crippen MR) is 93.8 cm³/mol. The van der Waals surface area contributed by atoms with Gasteiger partial charge in [-0.25, -0.2) is 4.39 Å². The fourth-order valence-electron chi connectivity index (χ4n) is 3.37. The number of halogens is 1. The smallest absolute Gasteiger partial charge is 0.267 e. The molecule has 0 unspecified atom stereocenters. The summed E-state index contributed by atoms with van der Waals surface area (Å²) in [5, 5.41) is 6.98. The lowest BCUT2D eigenvalue weighted by Crippen LogP contribution is -2.29. The predicted octanol–water partition coefficient (Wildman–Crippen LogP) is 2.59. The highest BCUT2D eigenvalue weighted by Crippen LogP contribution is 2.21. The summed E-state index contributed by atoms with van der Waals surface area (Å²) < 4.78 is 13.3. The zero-order chi connectivity index (χ0) is 17.4. The average molecular weight is 338 g/mol. The van der Waals surface area contributed by atoms with Crippen molar-refractivity contribution in [3.05, 3.63) is 64.4 Å². The lowest BCUT2D eigenvalue weighted by Gasteiger charge is -2.21. The van der Waals surface area contributed by atoms with Crippen LogP contribution in [0.3, 0.4) is 0 Å². The molecule has 1 aliphatic rings. The topological polar surface area (TPSA) is 69.8 Å². The fourth-order valence-corrected chi connectivity index (χ4v) is 3.37. The number of nitrogens with one attached hydrogen (secondary N) is 3. The van der Waals surface area contributed by atoms with Crippen LogP contribution in [0.1, 0.15) is 32.9 Å². The van der Waals surface area contributed by atoms with Gasteiger partial charge in [0.05, 0.1) is 0 Å². The van der Waals surface area contributed by atoms with Crippen molar-refractivity contribution in [1.29, 1.82) is 0 Å². The number of aromatic nitrogens is 2. The molecule has 1 aliphatic heterocycles. The van der Waals surface area contributed by atoms with Crippen LogP contribution in [0.2, 0.25) is 0 Å². The summed E-state index contributed by atoms with van der Waals surface area (Å²) in [5.74, 6) is -0.521. The van der Waals surface area contributed by atoms with E-state index in [1.807, 2.05) is 13.1 Å². The van der Waals surface area contributed by atoms with Gasteiger partial charge in [0.2, 0.25) is 0 Å². The Balaban J connectivity index is 1.55. The van der Waals surface area contributed by atoms with Crippen molar-refractivity contribution in [2.24, 2.45) is 0 Å². The van der Waals surface area contributed by atoms with Crippen molar-refractivity contribution >= 4 is 16.8 Å². The molecule has 0 spiro atoms. The first-order valence-electron chi connectivity index (χ1n) is 8.35. The Labute approximate surface area is 144 Å². The number of hydrogen-bond donors (Lipinski definition) is 3. The van der Waals surface area contributed by atoms with Crippen molar-refractivity contribution in [3.8, 4) is 0 Å². The van der Waals surface area contributed by atoms with E-state index in [-0.39, 0.29) is 11.7 Å². The van der Waals surface area contributed by atoms with Crippen LogP contribution < -0.4 is 10.6 Å². The van der Waals surface area contributed by atoms with E-state index in [2.05, 4.69) is 20.6 Å². The summed E-state index contributed by atoms with van der Waals surface area (Å²) in [6, 6.07) is 6.09. The van der Waals surface area contributed by atoms with Crippen molar-refractivity contribution in [3.63, 3.8) is 0 Å². The number of rotatable bonds is 3. The summed E-state index contributed by atoms with van der Waals surface area (Å²) >= 11 is 0. The van der Waals surface area contributed by atoms with E-state index >= 15 is 0 Å². The minimum absolute atomic E-state index is 0.206. The maximum absolute atomic E-state index is 13.3. The monoisotopic (exact) mass is 338 g/mol. The largest absolute Gasteiger partial charge is 0.351 e. The maximum Gasteiger partial charge on any atom is 0.267 e. The van der Waals surface area contributed by atoms with Gasteiger partial charge in [-0.15, -0.1) is 0 Å². The molecule has 1 amide bonds. The van der Waals surface area contributed by atoms with Gasteiger partial charge in [-0.3, -0.25) is 9.78 Å². The molecule has 0 saturated carbocycles. The highest BCUT2D eigenvalue weighted by molar-refractivity contribution is 5.98. The molecule has 0 aliphatic carbocycles. The second-order valence-electron chi connectivity index (χ2n) is 6.35. The SMILES string of the molecule is Cc1ncc2c(c1CNC(=O)c1cc3cc(F)ccc3[nH]1)CCNC2. The number of pyridine rings is 1. The van der Waals surface area contributed by atoms with Crippen LogP contribution in [-0.4, -0.2) is 22.4 Å². The Kier molecular flexibility index (Phi) is 3.97. The molecule has 6 heteroatoms. The van der Waals surface area contributed by atoms with E-state index in [9.17, 15) is 9.18 Å². The fraction of sp³-hybridized carbons (Fsp3) is 0.263. The summed E-state index contributed by atoms with van der Waals surface area (Å²) in [5.41, 5.74) is 5.69. The lowest BCUT2D eigenvalue weighted by atomic mass is 9.96. The third kappa shape index (κ3) is 3.00. The van der Waals surface area contributed by atoms with Gasteiger partial charge in [0.15, 0.2) is 0 Å². The molecule has 25 heavy (non-hydrogen) atoms. The van der Waals surface area contributed by atoms with Gasteiger partial charge < -0.3 is 15.6 Å². The molecule has 3 heterocycles. The number of amides is 1. The Morgan fingerprint density at radius 2 is 2.24 bits per heavy atom. The van der Waals surface area contributed by atoms with E-state index in [1.54, 1.807) is 12.1 Å². The summed E-state index contributed by atoms with van der Waals surface area (Å²) in [7, 11) is 0. The molecule has 4 rings (SSSR count). The molecule has 5 nitrogen and oxygen atoms in total. The number of aryl methyl sites for hydroxylation is 1. The number of carbonyl (C=O) groups excluding carboxylic acids is 1. The van der Waals surface area contributed by atoms with Crippen molar-refractivity contribution < 1.29 is 9.18 Å². The number of H-pyrrole nitrogens is 1. The van der Waals surface area contributed by atoms with Gasteiger partial charge in [0.25, 0.3) is 5.91 Å². The normalized spacial score (nSPS) is 13.7. The summed E-state index contributed by atoms with van der Waals surface area (Å²) in [6.07, 6.45) is 2.85. The van der Waals surface area contributed by atoms with E-state index in [4.69, 9.17) is 0 Å². The Morgan fingerprint density at radius 1 is 1.36 bits per heavy atom. The number of carbonyl (C=O) groups is 1. The standard InChI is InChI=1S/C19H19FN4O/c1-11-16(15-4-5-21-8-13(15)9-22-11)10-23-19(25)18-7-12-6-14(20)2-3-17(12)24-18/h2-3,6-7,9,21,24H,4-5,8,10H2,1H3,(H,23,25). The number of aromatic amines is 1. The Bertz CT molecular complexity index is 963. The number of benzene rings is 1. The minimum atomic E-state index is -0.315. The highest BCUT2D eigenvalue weighted by Gasteiger charge is 2.17. The first-order chi connectivity index (χ1) is 12.1. The molecule has 3 N–H and O–H groups in total. The van der Waals surface area contributed by atoms with E-state index in [0.717, 1.165) is 36.3 Å². The van der Waals surface area contributed by atoms with E-state index < -0.39 is 0 Å².